The lowest BCUT2D eigenvalue weighted by Gasteiger charge is -2.06. The van der Waals surface area contributed by atoms with Crippen LogP contribution >= 0.6 is 0 Å². The molecule has 1 aromatic carbocycles. The summed E-state index contributed by atoms with van der Waals surface area (Å²) in [4.78, 5) is 4.24. The highest BCUT2D eigenvalue weighted by atomic mass is 16.3. The zero-order valence-corrected chi connectivity index (χ0v) is 7.88. The number of aromatic nitrogens is 2. The molecule has 1 atom stereocenters. The predicted octanol–water partition coefficient (Wildman–Crippen LogP) is 0.599. The molecule has 0 fully saturated rings. The van der Waals surface area contributed by atoms with E-state index in [2.05, 4.69) is 4.98 Å². The van der Waals surface area contributed by atoms with Gasteiger partial charge in [0.2, 0.25) is 0 Å². The van der Waals surface area contributed by atoms with E-state index in [9.17, 15) is 5.11 Å². The third-order valence-corrected chi connectivity index (χ3v) is 2.29. The van der Waals surface area contributed by atoms with Gasteiger partial charge in [0, 0.05) is 7.05 Å². The third kappa shape index (κ3) is 1.29. The van der Waals surface area contributed by atoms with Gasteiger partial charge in [-0.25, -0.2) is 4.98 Å². The van der Waals surface area contributed by atoms with Crippen LogP contribution < -0.4 is 0 Å². The van der Waals surface area contributed by atoms with Crippen molar-refractivity contribution < 1.29 is 10.2 Å². The number of para-hydroxylation sites is 2. The van der Waals surface area contributed by atoms with Gasteiger partial charge in [-0.3, -0.25) is 0 Å². The normalized spacial score (nSPS) is 13.4. The van der Waals surface area contributed by atoms with Crippen LogP contribution in [0.2, 0.25) is 0 Å². The fraction of sp³-hybridized carbons (Fsp3) is 0.300. The van der Waals surface area contributed by atoms with Crippen molar-refractivity contribution in [3.63, 3.8) is 0 Å². The molecule has 14 heavy (non-hydrogen) atoms. The Bertz CT molecular complexity index is 450. The average molecular weight is 192 g/mol. The van der Waals surface area contributed by atoms with Gasteiger partial charge >= 0.3 is 0 Å². The maximum Gasteiger partial charge on any atom is 0.140 e. The second-order valence-corrected chi connectivity index (χ2v) is 3.22. The third-order valence-electron chi connectivity index (χ3n) is 2.29. The molecule has 2 rings (SSSR count). The zero-order valence-electron chi connectivity index (χ0n) is 7.88. The molecule has 0 saturated carbocycles. The summed E-state index contributed by atoms with van der Waals surface area (Å²) in [6.45, 7) is -0.308. The van der Waals surface area contributed by atoms with E-state index in [1.54, 1.807) is 4.57 Å². The highest BCUT2D eigenvalue weighted by molar-refractivity contribution is 5.75. The Kier molecular flexibility index (Phi) is 2.23. The molecule has 0 amide bonds. The van der Waals surface area contributed by atoms with Crippen LogP contribution in [0.15, 0.2) is 24.3 Å². The zero-order chi connectivity index (χ0) is 10.1. The van der Waals surface area contributed by atoms with Crippen molar-refractivity contribution >= 4 is 11.0 Å². The Balaban J connectivity index is 2.62. The molecule has 1 aromatic heterocycles. The van der Waals surface area contributed by atoms with Gasteiger partial charge in [-0.15, -0.1) is 0 Å². The Labute approximate surface area is 81.4 Å². The van der Waals surface area contributed by atoms with Crippen molar-refractivity contribution in [2.75, 3.05) is 6.61 Å². The van der Waals surface area contributed by atoms with Crippen LogP contribution in [-0.4, -0.2) is 26.4 Å². The smallest absolute Gasteiger partial charge is 0.140 e. The van der Waals surface area contributed by atoms with Crippen molar-refractivity contribution in [1.82, 2.24) is 9.55 Å². The summed E-state index contributed by atoms with van der Waals surface area (Å²) >= 11 is 0. The molecule has 74 valence electrons. The molecule has 1 heterocycles. The second kappa shape index (κ2) is 3.40. The van der Waals surface area contributed by atoms with Crippen LogP contribution in [0.4, 0.5) is 0 Å². The lowest BCUT2D eigenvalue weighted by molar-refractivity contribution is 0.0868. The molecular formula is C10H12N2O2. The lowest BCUT2D eigenvalue weighted by Crippen LogP contribution is -2.09. The average Bonchev–Trinajstić information content (AvgIpc) is 2.56. The van der Waals surface area contributed by atoms with E-state index in [1.807, 2.05) is 31.3 Å². The van der Waals surface area contributed by atoms with Crippen molar-refractivity contribution in [3.8, 4) is 0 Å². The summed E-state index contributed by atoms with van der Waals surface area (Å²) in [5.74, 6) is 0.494. The monoisotopic (exact) mass is 192 g/mol. The number of hydrogen-bond donors (Lipinski definition) is 2. The number of imidazole rings is 1. The van der Waals surface area contributed by atoms with E-state index in [-0.39, 0.29) is 6.61 Å². The molecule has 0 spiro atoms. The minimum absolute atomic E-state index is 0.308. The highest BCUT2D eigenvalue weighted by Gasteiger charge is 2.14. The van der Waals surface area contributed by atoms with E-state index in [0.29, 0.717) is 5.82 Å². The fourth-order valence-corrected chi connectivity index (χ4v) is 1.54. The Hall–Kier alpha value is -1.39. The number of benzene rings is 1. The Morgan fingerprint density at radius 3 is 2.79 bits per heavy atom. The van der Waals surface area contributed by atoms with E-state index in [1.165, 1.54) is 0 Å². The van der Waals surface area contributed by atoms with E-state index in [4.69, 9.17) is 5.11 Å². The van der Waals surface area contributed by atoms with Crippen molar-refractivity contribution in [1.29, 1.82) is 0 Å². The van der Waals surface area contributed by atoms with E-state index < -0.39 is 6.10 Å². The van der Waals surface area contributed by atoms with Gasteiger partial charge in [-0.05, 0) is 12.1 Å². The quantitative estimate of drug-likeness (QED) is 0.732. The minimum atomic E-state index is -0.910. The maximum atomic E-state index is 9.48. The first kappa shape index (κ1) is 9.18. The number of nitrogens with zero attached hydrogens (tertiary/aromatic N) is 2. The van der Waals surface area contributed by atoms with Gasteiger partial charge in [0.1, 0.15) is 11.9 Å². The second-order valence-electron chi connectivity index (χ2n) is 3.22. The van der Waals surface area contributed by atoms with Crippen LogP contribution in [0.3, 0.4) is 0 Å². The first-order chi connectivity index (χ1) is 6.74. The summed E-state index contributed by atoms with van der Waals surface area (Å²) < 4.78 is 1.79. The van der Waals surface area contributed by atoms with Crippen LogP contribution in [0.25, 0.3) is 11.0 Å². The van der Waals surface area contributed by atoms with E-state index in [0.717, 1.165) is 11.0 Å². The van der Waals surface area contributed by atoms with Gasteiger partial charge in [0.15, 0.2) is 0 Å². The summed E-state index contributed by atoms with van der Waals surface area (Å²) in [6, 6.07) is 7.61. The van der Waals surface area contributed by atoms with Crippen molar-refractivity contribution in [3.05, 3.63) is 30.1 Å². The number of rotatable bonds is 2. The Morgan fingerprint density at radius 2 is 2.14 bits per heavy atom. The lowest BCUT2D eigenvalue weighted by atomic mass is 10.3. The summed E-state index contributed by atoms with van der Waals surface area (Å²) in [5, 5.41) is 18.3. The molecule has 4 nitrogen and oxygen atoms in total. The highest BCUT2D eigenvalue weighted by Crippen LogP contribution is 2.18. The molecule has 1 unspecified atom stereocenters. The molecule has 0 aliphatic heterocycles. The largest absolute Gasteiger partial charge is 0.393 e. The standard InChI is InChI=1S/C10H12N2O2/c1-12-8-5-3-2-4-7(8)11-10(12)9(14)6-13/h2-5,9,13-14H,6H2,1H3. The topological polar surface area (TPSA) is 58.3 Å². The fourth-order valence-electron chi connectivity index (χ4n) is 1.54. The molecule has 4 heteroatoms. The summed E-state index contributed by atoms with van der Waals surface area (Å²) in [6.07, 6.45) is -0.910. The van der Waals surface area contributed by atoms with Crippen LogP contribution in [0.5, 0.6) is 0 Å². The SMILES string of the molecule is Cn1c(C(O)CO)nc2ccccc21. The van der Waals surface area contributed by atoms with E-state index >= 15 is 0 Å². The van der Waals surface area contributed by atoms with Crippen LogP contribution in [0, 0.1) is 0 Å². The molecule has 0 radical (unpaired) electrons. The molecule has 0 aliphatic carbocycles. The number of aliphatic hydroxyl groups is 2. The maximum absolute atomic E-state index is 9.48. The number of fused-ring (bicyclic) bond motifs is 1. The van der Waals surface area contributed by atoms with Crippen LogP contribution in [0.1, 0.15) is 11.9 Å². The predicted molar refractivity (Wildman–Crippen MR) is 52.8 cm³/mol. The molecule has 2 aromatic rings. The molecule has 0 aliphatic rings. The summed E-state index contributed by atoms with van der Waals surface area (Å²) in [7, 11) is 1.82. The van der Waals surface area contributed by atoms with Crippen molar-refractivity contribution in [2.45, 2.75) is 6.10 Å². The Morgan fingerprint density at radius 1 is 1.43 bits per heavy atom. The number of aliphatic hydroxyl groups excluding tert-OH is 2. The number of aryl methyl sites for hydroxylation is 1. The van der Waals surface area contributed by atoms with Gasteiger partial charge in [0.25, 0.3) is 0 Å². The molecule has 2 N–H and O–H groups in total. The summed E-state index contributed by atoms with van der Waals surface area (Å²) in [5.41, 5.74) is 1.78. The number of hydrogen-bond acceptors (Lipinski definition) is 3. The van der Waals surface area contributed by atoms with Gasteiger partial charge < -0.3 is 14.8 Å². The molecule has 0 saturated heterocycles. The molecule has 0 bridgehead atoms. The van der Waals surface area contributed by atoms with Crippen LogP contribution in [-0.2, 0) is 7.05 Å². The first-order valence-electron chi connectivity index (χ1n) is 4.44. The first-order valence-corrected chi connectivity index (χ1v) is 4.44. The molecular weight excluding hydrogens is 180 g/mol. The van der Waals surface area contributed by atoms with Gasteiger partial charge in [-0.2, -0.15) is 0 Å². The minimum Gasteiger partial charge on any atom is -0.393 e. The van der Waals surface area contributed by atoms with Gasteiger partial charge in [-0.1, -0.05) is 12.1 Å². The van der Waals surface area contributed by atoms with Gasteiger partial charge in [0.05, 0.1) is 17.6 Å². The van der Waals surface area contributed by atoms with Crippen molar-refractivity contribution in [2.24, 2.45) is 7.05 Å².